The molecule has 3 rings (SSSR count). The largest absolute Gasteiger partial charge is 0.321 e. The van der Waals surface area contributed by atoms with Gasteiger partial charge in [0.15, 0.2) is 5.16 Å². The van der Waals surface area contributed by atoms with E-state index >= 15 is 0 Å². The Hall–Kier alpha value is -2.63. The topological polar surface area (TPSA) is 98.6 Å². The zero-order valence-electron chi connectivity index (χ0n) is 15.9. The van der Waals surface area contributed by atoms with Crippen molar-refractivity contribution in [3.63, 3.8) is 0 Å². The first-order valence-electron chi connectivity index (χ1n) is 8.82. The summed E-state index contributed by atoms with van der Waals surface area (Å²) in [5, 5.41) is 12.5. The van der Waals surface area contributed by atoms with E-state index in [2.05, 4.69) is 21.4 Å². The Kier molecular flexibility index (Phi) is 6.17. The van der Waals surface area contributed by atoms with Crippen LogP contribution in [0.1, 0.15) is 39.2 Å². The number of aromatic nitrogens is 2. The summed E-state index contributed by atoms with van der Waals surface area (Å²) in [5.74, 6) is 0.460. The molecule has 0 fully saturated rings. The maximum Gasteiger partial charge on any atom is 0.266 e. The van der Waals surface area contributed by atoms with Crippen LogP contribution in [0.5, 0.6) is 0 Å². The smallest absolute Gasteiger partial charge is 0.266 e. The second-order valence-electron chi connectivity index (χ2n) is 6.49. The summed E-state index contributed by atoms with van der Waals surface area (Å²) in [5.41, 5.74) is 3.26. The van der Waals surface area contributed by atoms with E-state index in [1.807, 2.05) is 32.0 Å². The molecular weight excluding hydrogens is 392 g/mol. The number of benzene rings is 1. The average molecular weight is 413 g/mol. The molecule has 0 unspecified atom stereocenters. The van der Waals surface area contributed by atoms with E-state index in [4.69, 9.17) is 5.26 Å². The second kappa shape index (κ2) is 8.59. The van der Waals surface area contributed by atoms with Gasteiger partial charge in [0.1, 0.15) is 4.83 Å². The normalized spacial score (nSPS) is 10.8. The molecule has 144 valence electrons. The lowest BCUT2D eigenvalue weighted by Gasteiger charge is -2.08. The number of hydrogen-bond acceptors (Lipinski definition) is 6. The number of H-pyrrole nitrogens is 1. The fraction of sp³-hybridized carbons (Fsp3) is 0.300. The molecule has 0 spiro atoms. The van der Waals surface area contributed by atoms with Crippen molar-refractivity contribution in [2.45, 2.75) is 38.8 Å². The van der Waals surface area contributed by atoms with Crippen molar-refractivity contribution in [3.05, 3.63) is 50.1 Å². The highest BCUT2D eigenvalue weighted by Crippen LogP contribution is 2.29. The van der Waals surface area contributed by atoms with E-state index in [0.717, 1.165) is 23.2 Å². The number of amides is 1. The van der Waals surface area contributed by atoms with Gasteiger partial charge < -0.3 is 10.3 Å². The van der Waals surface area contributed by atoms with Crippen LogP contribution in [0.4, 0.5) is 5.69 Å². The molecule has 0 radical (unpaired) electrons. The Bertz CT molecular complexity index is 1140. The number of aromatic amines is 1. The van der Waals surface area contributed by atoms with Gasteiger partial charge >= 0.3 is 0 Å². The second-order valence-corrected chi connectivity index (χ2v) is 8.57. The van der Waals surface area contributed by atoms with E-state index in [1.165, 1.54) is 23.1 Å². The first kappa shape index (κ1) is 20.1. The fourth-order valence-electron chi connectivity index (χ4n) is 2.86. The molecule has 1 amide bonds. The minimum Gasteiger partial charge on any atom is -0.321 e. The minimum atomic E-state index is -0.243. The SMILES string of the molecule is Cc1ccc(NC(=O)c2sc3nc(SCCCC#N)[nH]c(=O)c3c2C)c(C)c1. The van der Waals surface area contributed by atoms with Crippen LogP contribution >= 0.6 is 23.1 Å². The summed E-state index contributed by atoms with van der Waals surface area (Å²) in [6.07, 6.45) is 1.20. The van der Waals surface area contributed by atoms with Crippen molar-refractivity contribution in [1.29, 1.82) is 5.26 Å². The molecule has 6 nitrogen and oxygen atoms in total. The van der Waals surface area contributed by atoms with Crippen LogP contribution < -0.4 is 10.9 Å². The van der Waals surface area contributed by atoms with Gasteiger partial charge in [-0.3, -0.25) is 9.59 Å². The number of thiophene rings is 1. The predicted molar refractivity (Wildman–Crippen MR) is 114 cm³/mol. The lowest BCUT2D eigenvalue weighted by Crippen LogP contribution is -2.13. The average Bonchev–Trinajstić information content (AvgIpc) is 2.98. The van der Waals surface area contributed by atoms with E-state index in [9.17, 15) is 9.59 Å². The number of carbonyl (C=O) groups is 1. The highest BCUT2D eigenvalue weighted by molar-refractivity contribution is 7.99. The van der Waals surface area contributed by atoms with Crippen LogP contribution in [-0.4, -0.2) is 21.6 Å². The quantitative estimate of drug-likeness (QED) is 0.351. The minimum absolute atomic E-state index is 0.241. The maximum atomic E-state index is 12.8. The molecule has 2 N–H and O–H groups in total. The molecule has 0 aliphatic heterocycles. The number of rotatable bonds is 6. The molecule has 28 heavy (non-hydrogen) atoms. The van der Waals surface area contributed by atoms with E-state index in [1.54, 1.807) is 6.92 Å². The Morgan fingerprint density at radius 2 is 2.14 bits per heavy atom. The third-order valence-corrected chi connectivity index (χ3v) is 6.43. The maximum absolute atomic E-state index is 12.8. The number of anilines is 1. The summed E-state index contributed by atoms with van der Waals surface area (Å²) in [6, 6.07) is 7.93. The highest BCUT2D eigenvalue weighted by Gasteiger charge is 2.20. The van der Waals surface area contributed by atoms with Gasteiger partial charge in [0.05, 0.1) is 16.3 Å². The number of thioether (sulfide) groups is 1. The van der Waals surface area contributed by atoms with Crippen molar-refractivity contribution >= 4 is 44.9 Å². The number of carbonyl (C=O) groups excluding carboxylic acids is 1. The molecule has 0 bridgehead atoms. The third-order valence-electron chi connectivity index (χ3n) is 4.29. The number of nitrogens with zero attached hydrogens (tertiary/aromatic N) is 2. The first-order valence-corrected chi connectivity index (χ1v) is 10.6. The van der Waals surface area contributed by atoms with Gasteiger partial charge in [-0.2, -0.15) is 5.26 Å². The summed E-state index contributed by atoms with van der Waals surface area (Å²) in [4.78, 5) is 33.6. The number of nitriles is 1. The molecule has 0 atom stereocenters. The van der Waals surface area contributed by atoms with Crippen molar-refractivity contribution in [2.24, 2.45) is 0 Å². The summed E-state index contributed by atoms with van der Waals surface area (Å²) in [7, 11) is 0. The highest BCUT2D eigenvalue weighted by atomic mass is 32.2. The summed E-state index contributed by atoms with van der Waals surface area (Å²) >= 11 is 2.63. The molecule has 1 aromatic carbocycles. The molecule has 2 heterocycles. The van der Waals surface area contributed by atoms with E-state index in [-0.39, 0.29) is 11.5 Å². The van der Waals surface area contributed by atoms with Gasteiger partial charge in [-0.25, -0.2) is 4.98 Å². The van der Waals surface area contributed by atoms with Crippen molar-refractivity contribution in [1.82, 2.24) is 9.97 Å². The standard InChI is InChI=1S/C20H20N4O2S2/c1-11-6-7-14(12(2)10-11)22-18(26)16-13(3)15-17(25)23-20(24-19(15)28-16)27-9-5-4-8-21/h6-7,10H,4-5,9H2,1-3H3,(H,22,26)(H,23,24,25). The molecule has 0 aliphatic carbocycles. The molecule has 0 saturated carbocycles. The van der Waals surface area contributed by atoms with Crippen LogP contribution in [-0.2, 0) is 0 Å². The molecule has 0 aliphatic rings. The molecular formula is C20H20N4O2S2. The third kappa shape index (κ3) is 4.26. The van der Waals surface area contributed by atoms with Crippen molar-refractivity contribution in [2.75, 3.05) is 11.1 Å². The van der Waals surface area contributed by atoms with Gasteiger partial charge in [-0.05, 0) is 44.4 Å². The van der Waals surface area contributed by atoms with E-state index < -0.39 is 0 Å². The van der Waals surface area contributed by atoms with E-state index in [0.29, 0.717) is 38.0 Å². The number of nitrogens with one attached hydrogen (secondary N) is 2. The van der Waals surface area contributed by atoms with Gasteiger partial charge in [-0.15, -0.1) is 11.3 Å². The zero-order valence-corrected chi connectivity index (χ0v) is 17.5. The number of fused-ring (bicyclic) bond motifs is 1. The van der Waals surface area contributed by atoms with Gasteiger partial charge in [0.25, 0.3) is 11.5 Å². The Labute approximate surface area is 171 Å². The number of hydrogen-bond donors (Lipinski definition) is 2. The lowest BCUT2D eigenvalue weighted by atomic mass is 10.1. The zero-order chi connectivity index (χ0) is 20.3. The predicted octanol–water partition coefficient (Wildman–Crippen LogP) is 4.56. The monoisotopic (exact) mass is 412 g/mol. The summed E-state index contributed by atoms with van der Waals surface area (Å²) in [6.45, 7) is 5.72. The van der Waals surface area contributed by atoms with Crippen molar-refractivity contribution < 1.29 is 4.79 Å². The van der Waals surface area contributed by atoms with Gasteiger partial charge in [0, 0.05) is 17.9 Å². The van der Waals surface area contributed by atoms with Crippen LogP contribution in [0.25, 0.3) is 10.2 Å². The molecule has 2 aromatic heterocycles. The van der Waals surface area contributed by atoms with Crippen LogP contribution in [0.2, 0.25) is 0 Å². The van der Waals surface area contributed by atoms with Crippen LogP contribution in [0.15, 0.2) is 28.2 Å². The van der Waals surface area contributed by atoms with Crippen LogP contribution in [0.3, 0.4) is 0 Å². The van der Waals surface area contributed by atoms with Gasteiger partial charge in [-0.1, -0.05) is 29.5 Å². The Morgan fingerprint density at radius 3 is 2.86 bits per heavy atom. The summed E-state index contributed by atoms with van der Waals surface area (Å²) < 4.78 is 0. The van der Waals surface area contributed by atoms with Crippen molar-refractivity contribution in [3.8, 4) is 6.07 Å². The fourth-order valence-corrected chi connectivity index (χ4v) is 4.80. The Balaban J connectivity index is 1.88. The van der Waals surface area contributed by atoms with Gasteiger partial charge in [0.2, 0.25) is 0 Å². The lowest BCUT2D eigenvalue weighted by molar-refractivity contribution is 0.103. The molecule has 8 heteroatoms. The molecule has 3 aromatic rings. The van der Waals surface area contributed by atoms with Crippen LogP contribution in [0, 0.1) is 32.1 Å². The molecule has 0 saturated heterocycles. The Morgan fingerprint density at radius 1 is 1.36 bits per heavy atom. The number of unbranched alkanes of at least 4 members (excludes halogenated alkanes) is 1. The number of aryl methyl sites for hydroxylation is 3. The first-order chi connectivity index (χ1) is 13.4.